The van der Waals surface area contributed by atoms with Crippen LogP contribution in [0.5, 0.6) is 11.5 Å². The number of carbonyl (C=O) groups excluding carboxylic acids is 1. The highest BCUT2D eigenvalue weighted by molar-refractivity contribution is 8.00. The lowest BCUT2D eigenvalue weighted by Gasteiger charge is -2.33. The first-order valence-electron chi connectivity index (χ1n) is 11.4. The number of carbonyl (C=O) groups is 1. The molecule has 3 aromatic rings. The van der Waals surface area contributed by atoms with Crippen LogP contribution in [-0.2, 0) is 11.3 Å². The predicted molar refractivity (Wildman–Crippen MR) is 137 cm³/mol. The van der Waals surface area contributed by atoms with Crippen molar-refractivity contribution in [1.82, 2.24) is 14.5 Å². The molecule has 8 heteroatoms. The number of hydrogen-bond acceptors (Lipinski definition) is 6. The molecule has 0 fully saturated rings. The van der Waals surface area contributed by atoms with Gasteiger partial charge in [-0.2, -0.15) is 0 Å². The molecule has 1 heterocycles. The molecule has 182 valence electrons. The van der Waals surface area contributed by atoms with Crippen molar-refractivity contribution in [3.63, 3.8) is 0 Å². The molecule has 7 nitrogen and oxygen atoms in total. The Bertz CT molecular complexity index is 1210. The minimum atomic E-state index is -0.408. The molecule has 1 aromatic heterocycles. The molecule has 0 aliphatic carbocycles. The van der Waals surface area contributed by atoms with Gasteiger partial charge in [0.25, 0.3) is 5.56 Å². The summed E-state index contributed by atoms with van der Waals surface area (Å²) in [5.41, 5.74) is 1.33. The van der Waals surface area contributed by atoms with Crippen molar-refractivity contribution in [2.75, 3.05) is 14.2 Å². The number of methoxy groups -OCH3 is 2. The van der Waals surface area contributed by atoms with E-state index in [1.165, 1.54) is 11.8 Å². The topological polar surface area (TPSA) is 73.7 Å². The lowest BCUT2D eigenvalue weighted by molar-refractivity contribution is -0.133. The van der Waals surface area contributed by atoms with E-state index in [2.05, 4.69) is 0 Å². The summed E-state index contributed by atoms with van der Waals surface area (Å²) in [6, 6.07) is 13.0. The Labute approximate surface area is 205 Å². The van der Waals surface area contributed by atoms with Gasteiger partial charge in [-0.15, -0.1) is 0 Å². The Morgan fingerprint density at radius 1 is 1.00 bits per heavy atom. The maximum atomic E-state index is 13.5. The Kier molecular flexibility index (Phi) is 8.25. The Morgan fingerprint density at radius 3 is 2.26 bits per heavy atom. The number of rotatable bonds is 9. The fraction of sp³-hybridized carbons (Fsp3) is 0.423. The summed E-state index contributed by atoms with van der Waals surface area (Å²) in [7, 11) is 3.16. The first kappa shape index (κ1) is 25.6. The van der Waals surface area contributed by atoms with Crippen LogP contribution in [0.4, 0.5) is 0 Å². The van der Waals surface area contributed by atoms with E-state index >= 15 is 0 Å². The van der Waals surface area contributed by atoms with E-state index in [1.54, 1.807) is 24.9 Å². The first-order chi connectivity index (χ1) is 16.2. The van der Waals surface area contributed by atoms with Crippen molar-refractivity contribution < 1.29 is 14.3 Å². The van der Waals surface area contributed by atoms with E-state index in [0.717, 1.165) is 5.56 Å². The maximum absolute atomic E-state index is 13.5. The van der Waals surface area contributed by atoms with Gasteiger partial charge in [0.2, 0.25) is 5.91 Å². The average molecular weight is 484 g/mol. The van der Waals surface area contributed by atoms with E-state index in [0.29, 0.717) is 34.1 Å². The van der Waals surface area contributed by atoms with Crippen LogP contribution in [0.1, 0.15) is 40.2 Å². The van der Waals surface area contributed by atoms with Gasteiger partial charge in [-0.25, -0.2) is 4.98 Å². The van der Waals surface area contributed by atoms with Gasteiger partial charge in [-0.3, -0.25) is 14.2 Å². The molecule has 1 amide bonds. The fourth-order valence-corrected chi connectivity index (χ4v) is 5.03. The third kappa shape index (κ3) is 5.38. The van der Waals surface area contributed by atoms with Crippen LogP contribution in [0.15, 0.2) is 52.4 Å². The monoisotopic (exact) mass is 483 g/mol. The van der Waals surface area contributed by atoms with Crippen molar-refractivity contribution in [2.45, 2.75) is 63.7 Å². The maximum Gasteiger partial charge on any atom is 0.262 e. The Balaban J connectivity index is 2.05. The van der Waals surface area contributed by atoms with Crippen molar-refractivity contribution in [1.29, 1.82) is 0 Å². The van der Waals surface area contributed by atoms with Gasteiger partial charge in [0.05, 0.1) is 36.9 Å². The van der Waals surface area contributed by atoms with Gasteiger partial charge >= 0.3 is 0 Å². The van der Waals surface area contributed by atoms with Gasteiger partial charge in [0.15, 0.2) is 16.7 Å². The predicted octanol–water partition coefficient (Wildman–Crippen LogP) is 4.59. The van der Waals surface area contributed by atoms with Gasteiger partial charge in [0, 0.05) is 12.1 Å². The summed E-state index contributed by atoms with van der Waals surface area (Å²) in [6.07, 6.45) is 0. The number of thioether (sulfide) groups is 1. The quantitative estimate of drug-likeness (QED) is 0.327. The molecule has 3 rings (SSSR count). The summed E-state index contributed by atoms with van der Waals surface area (Å²) in [6.45, 7) is 10.2. The molecule has 0 bridgehead atoms. The van der Waals surface area contributed by atoms with Crippen molar-refractivity contribution >= 4 is 28.6 Å². The zero-order valence-electron chi connectivity index (χ0n) is 20.9. The molecule has 0 N–H and O–H groups in total. The van der Waals surface area contributed by atoms with Gasteiger partial charge in [-0.05, 0) is 64.4 Å². The Morgan fingerprint density at radius 2 is 1.65 bits per heavy atom. The molecular weight excluding hydrogens is 450 g/mol. The number of aromatic nitrogens is 2. The fourth-order valence-electron chi connectivity index (χ4n) is 4.06. The number of para-hydroxylation sites is 1. The minimum absolute atomic E-state index is 0.0232. The van der Waals surface area contributed by atoms with E-state index in [9.17, 15) is 9.59 Å². The Hall–Kier alpha value is -3.00. The van der Waals surface area contributed by atoms with Crippen LogP contribution >= 0.6 is 11.8 Å². The SMILES string of the molecule is COc1ccc(Cn2c(SC(C)C(=O)N(C(C)C)C(C)C)nc3ccccc3c2=O)cc1OC. The molecule has 0 saturated carbocycles. The van der Waals surface area contributed by atoms with Crippen LogP contribution in [0.25, 0.3) is 10.9 Å². The number of fused-ring (bicyclic) bond motifs is 1. The smallest absolute Gasteiger partial charge is 0.262 e. The number of amides is 1. The van der Waals surface area contributed by atoms with Crippen LogP contribution in [0, 0.1) is 0 Å². The number of ether oxygens (including phenoxy) is 2. The summed E-state index contributed by atoms with van der Waals surface area (Å²) >= 11 is 1.31. The van der Waals surface area contributed by atoms with Gasteiger partial charge in [-0.1, -0.05) is 30.0 Å². The molecule has 1 unspecified atom stereocenters. The van der Waals surface area contributed by atoms with Gasteiger partial charge in [0.1, 0.15) is 0 Å². The van der Waals surface area contributed by atoms with E-state index in [4.69, 9.17) is 14.5 Å². The van der Waals surface area contributed by atoms with Crippen molar-refractivity contribution in [3.05, 3.63) is 58.4 Å². The second-order valence-corrected chi connectivity index (χ2v) is 9.99. The van der Waals surface area contributed by atoms with Crippen LogP contribution in [0.3, 0.4) is 0 Å². The third-order valence-electron chi connectivity index (χ3n) is 5.61. The highest BCUT2D eigenvalue weighted by Gasteiger charge is 2.27. The van der Waals surface area contributed by atoms with Crippen LogP contribution in [0.2, 0.25) is 0 Å². The van der Waals surface area contributed by atoms with Crippen molar-refractivity contribution in [3.8, 4) is 11.5 Å². The molecule has 0 radical (unpaired) electrons. The normalized spacial score (nSPS) is 12.3. The molecule has 0 saturated heterocycles. The molecule has 0 aliphatic heterocycles. The summed E-state index contributed by atoms with van der Waals surface area (Å²) in [5, 5.41) is 0.638. The molecule has 0 spiro atoms. The van der Waals surface area contributed by atoms with Crippen LogP contribution < -0.4 is 15.0 Å². The number of benzene rings is 2. The average Bonchev–Trinajstić information content (AvgIpc) is 2.80. The molecule has 1 atom stereocenters. The summed E-state index contributed by atoms with van der Waals surface area (Å²) in [5.74, 6) is 1.23. The molecular formula is C26H33N3O4S. The molecule has 34 heavy (non-hydrogen) atoms. The standard InChI is InChI=1S/C26H33N3O4S/c1-16(2)29(17(3)4)24(30)18(5)34-26-27-21-11-9-8-10-20(21)25(31)28(26)15-19-12-13-22(32-6)23(14-19)33-7/h8-14,16-18H,15H2,1-7H3. The summed E-state index contributed by atoms with van der Waals surface area (Å²) < 4.78 is 12.4. The number of hydrogen-bond donors (Lipinski definition) is 0. The molecule has 2 aromatic carbocycles. The second kappa shape index (κ2) is 11.0. The van der Waals surface area contributed by atoms with Gasteiger partial charge < -0.3 is 14.4 Å². The van der Waals surface area contributed by atoms with E-state index in [-0.39, 0.29) is 23.6 Å². The largest absolute Gasteiger partial charge is 0.493 e. The lowest BCUT2D eigenvalue weighted by Crippen LogP contribution is -2.45. The third-order valence-corrected chi connectivity index (χ3v) is 6.69. The second-order valence-electron chi connectivity index (χ2n) is 8.69. The van der Waals surface area contributed by atoms with Crippen molar-refractivity contribution in [2.24, 2.45) is 0 Å². The van der Waals surface area contributed by atoms with E-state index < -0.39 is 5.25 Å². The zero-order valence-corrected chi connectivity index (χ0v) is 21.7. The number of nitrogens with zero attached hydrogens (tertiary/aromatic N) is 3. The highest BCUT2D eigenvalue weighted by Crippen LogP contribution is 2.29. The van der Waals surface area contributed by atoms with Crippen LogP contribution in [-0.4, -0.2) is 51.9 Å². The summed E-state index contributed by atoms with van der Waals surface area (Å²) in [4.78, 5) is 33.4. The lowest BCUT2D eigenvalue weighted by atomic mass is 10.2. The minimum Gasteiger partial charge on any atom is -0.493 e. The van der Waals surface area contributed by atoms with E-state index in [1.807, 2.05) is 75.9 Å². The first-order valence-corrected chi connectivity index (χ1v) is 12.2. The zero-order chi connectivity index (χ0) is 25.0. The molecule has 0 aliphatic rings. The highest BCUT2D eigenvalue weighted by atomic mass is 32.2.